The number of benzene rings is 4. The standard InChI is InChI=1S/C49H56N4O5SSi/c1-7-8-29-59(55)53-34-39-32-42(48(54)50-33-37-24-25-44-45(31-37)57-35-56-44)51-47(38-19-15-17-36(30-38)18-16-27-52(5)6)46(39)43(53)26-28-58-60(49(2,3)4,40-20-11-9-12-21-40)41-22-13-10-14-23-41/h9-15,17,19-25,30-32,43H,7-8,26-29,33-35H2,1-6H3,(H,50,54)/t43-,59?/m1/s1. The number of fused-ring (bicyclic) bond motifs is 2. The van der Waals surface area contributed by atoms with Crippen molar-refractivity contribution in [2.75, 3.05) is 39.8 Å². The molecule has 2 aliphatic rings. The molecule has 4 aromatic carbocycles. The molecule has 1 N–H and O–H groups in total. The largest absolute Gasteiger partial charge is 0.598 e. The summed E-state index contributed by atoms with van der Waals surface area (Å²) in [4.78, 5) is 21.2. The highest BCUT2D eigenvalue weighted by Gasteiger charge is 2.50. The van der Waals surface area contributed by atoms with Crippen molar-refractivity contribution in [2.24, 2.45) is 0 Å². The van der Waals surface area contributed by atoms with Crippen LogP contribution < -0.4 is 25.2 Å². The number of amides is 1. The Bertz CT molecular complexity index is 2290. The second kappa shape index (κ2) is 19.2. The molecule has 60 heavy (non-hydrogen) atoms. The molecule has 312 valence electrons. The molecule has 1 amide bonds. The second-order valence-corrected chi connectivity index (χ2v) is 22.5. The van der Waals surface area contributed by atoms with Gasteiger partial charge in [-0.3, -0.25) is 9.69 Å². The van der Waals surface area contributed by atoms with Crippen molar-refractivity contribution in [1.29, 1.82) is 0 Å². The lowest BCUT2D eigenvalue weighted by Crippen LogP contribution is -2.66. The van der Waals surface area contributed by atoms with Gasteiger partial charge in [0.2, 0.25) is 6.79 Å². The van der Waals surface area contributed by atoms with Gasteiger partial charge in [0, 0.05) is 41.2 Å². The number of carbonyl (C=O) groups excluding carboxylic acids is 1. The van der Waals surface area contributed by atoms with Crippen molar-refractivity contribution < 1.29 is 23.2 Å². The summed E-state index contributed by atoms with van der Waals surface area (Å²) >= 11 is -1.28. The van der Waals surface area contributed by atoms with Crippen LogP contribution in [0.5, 0.6) is 11.5 Å². The Morgan fingerprint density at radius 1 is 0.967 bits per heavy atom. The number of hydrogen-bond acceptors (Lipinski definition) is 8. The van der Waals surface area contributed by atoms with Gasteiger partial charge >= 0.3 is 0 Å². The third-order valence-corrected chi connectivity index (χ3v) is 17.7. The SMILES string of the molecule is CCCC[S+]([O-])N1Cc2cc(C(=O)NCc3ccc4c(c3)OCO4)nc(-c3cccc(C#CCN(C)C)c3)c2[C@H]1CCO[Si](c1ccccc1)(c1ccccc1)C(C)(C)C. The highest BCUT2D eigenvalue weighted by Crippen LogP contribution is 2.45. The van der Waals surface area contributed by atoms with Crippen LogP contribution in [0, 0.1) is 11.8 Å². The molecule has 0 saturated carbocycles. The maximum atomic E-state index is 14.3. The summed E-state index contributed by atoms with van der Waals surface area (Å²) in [6, 6.07) is 36.7. The normalized spacial score (nSPS) is 15.4. The molecule has 11 heteroatoms. The van der Waals surface area contributed by atoms with E-state index in [0.717, 1.165) is 40.7 Å². The van der Waals surface area contributed by atoms with E-state index in [-0.39, 0.29) is 30.3 Å². The summed E-state index contributed by atoms with van der Waals surface area (Å²) < 4.78 is 34.9. The van der Waals surface area contributed by atoms with E-state index in [9.17, 15) is 9.35 Å². The fourth-order valence-electron chi connectivity index (χ4n) is 8.21. The third kappa shape index (κ3) is 9.50. The molecule has 2 atom stereocenters. The number of aromatic nitrogens is 1. The lowest BCUT2D eigenvalue weighted by molar-refractivity contribution is 0.0945. The third-order valence-electron chi connectivity index (χ3n) is 11.1. The number of ether oxygens (including phenoxy) is 2. The van der Waals surface area contributed by atoms with Gasteiger partial charge in [0.15, 0.2) is 11.5 Å². The van der Waals surface area contributed by atoms with E-state index in [2.05, 4.69) is 110 Å². The molecule has 7 rings (SSSR count). The second-order valence-electron chi connectivity index (χ2n) is 16.7. The minimum absolute atomic E-state index is 0.183. The zero-order chi connectivity index (χ0) is 42.3. The fraction of sp³-hybridized carbons (Fsp3) is 0.347. The Morgan fingerprint density at radius 3 is 2.37 bits per heavy atom. The zero-order valence-corrected chi connectivity index (χ0v) is 37.4. The maximum Gasteiger partial charge on any atom is 0.270 e. The molecule has 0 radical (unpaired) electrons. The van der Waals surface area contributed by atoms with Gasteiger partial charge in [-0.25, -0.2) is 4.98 Å². The number of unbranched alkanes of at least 4 members (excludes halogenated alkanes) is 1. The van der Waals surface area contributed by atoms with Gasteiger partial charge in [0.1, 0.15) is 11.4 Å². The molecule has 2 aliphatic heterocycles. The fourth-order valence-corrected chi connectivity index (χ4v) is 14.3. The summed E-state index contributed by atoms with van der Waals surface area (Å²) in [5.41, 5.74) is 5.52. The lowest BCUT2D eigenvalue weighted by atomic mass is 9.95. The first-order chi connectivity index (χ1) is 29.0. The summed E-state index contributed by atoms with van der Waals surface area (Å²) in [7, 11) is 1.14. The summed E-state index contributed by atoms with van der Waals surface area (Å²) in [5, 5.41) is 5.31. The number of nitrogens with one attached hydrogen (secondary N) is 1. The quantitative estimate of drug-likeness (QED) is 0.0654. The molecule has 5 aromatic rings. The van der Waals surface area contributed by atoms with Gasteiger partial charge in [-0.1, -0.05) is 125 Å². The Labute approximate surface area is 359 Å². The number of carbonyl (C=O) groups is 1. The average Bonchev–Trinajstić information content (AvgIpc) is 3.88. The van der Waals surface area contributed by atoms with Crippen LogP contribution in [-0.4, -0.2) is 72.8 Å². The molecule has 1 aromatic heterocycles. The highest BCUT2D eigenvalue weighted by molar-refractivity contribution is 7.89. The Kier molecular flexibility index (Phi) is 13.8. The number of nitrogens with zero attached hydrogens (tertiary/aromatic N) is 3. The van der Waals surface area contributed by atoms with Crippen LogP contribution in [0.4, 0.5) is 0 Å². The van der Waals surface area contributed by atoms with Crippen LogP contribution in [-0.2, 0) is 28.9 Å². The van der Waals surface area contributed by atoms with Crippen LogP contribution >= 0.6 is 0 Å². The van der Waals surface area contributed by atoms with Crippen LogP contribution in [0.15, 0.2) is 109 Å². The van der Waals surface area contributed by atoms with Crippen molar-refractivity contribution in [3.05, 3.63) is 137 Å². The van der Waals surface area contributed by atoms with E-state index in [1.165, 1.54) is 10.4 Å². The molecule has 0 aliphatic carbocycles. The van der Waals surface area contributed by atoms with Crippen molar-refractivity contribution in [3.63, 3.8) is 0 Å². The molecule has 9 nitrogen and oxygen atoms in total. The first kappa shape index (κ1) is 43.2. The van der Waals surface area contributed by atoms with Crippen molar-refractivity contribution >= 4 is 36.0 Å². The average molecular weight is 841 g/mol. The van der Waals surface area contributed by atoms with E-state index in [4.69, 9.17) is 18.9 Å². The molecule has 0 fully saturated rings. The van der Waals surface area contributed by atoms with E-state index < -0.39 is 19.7 Å². The zero-order valence-electron chi connectivity index (χ0n) is 35.6. The molecule has 1 unspecified atom stereocenters. The monoisotopic (exact) mass is 840 g/mol. The van der Waals surface area contributed by atoms with E-state index in [0.29, 0.717) is 54.8 Å². The van der Waals surface area contributed by atoms with Crippen molar-refractivity contribution in [3.8, 4) is 34.6 Å². The topological polar surface area (TPSA) is 99.2 Å². The Balaban J connectivity index is 1.28. The van der Waals surface area contributed by atoms with Crippen LogP contribution in [0.2, 0.25) is 5.04 Å². The highest BCUT2D eigenvalue weighted by atomic mass is 32.2. The predicted octanol–water partition coefficient (Wildman–Crippen LogP) is 7.61. The van der Waals surface area contributed by atoms with Gasteiger partial charge in [-0.15, -0.1) is 4.31 Å². The smallest absolute Gasteiger partial charge is 0.270 e. The summed E-state index contributed by atoms with van der Waals surface area (Å²) in [5.74, 6) is 8.18. The van der Waals surface area contributed by atoms with Gasteiger partial charge in [-0.2, -0.15) is 0 Å². The molecule has 0 saturated heterocycles. The van der Waals surface area contributed by atoms with E-state index >= 15 is 0 Å². The Hall–Kier alpha value is -4.93. The number of pyridine rings is 1. The lowest BCUT2D eigenvalue weighted by Gasteiger charge is -2.43. The molecular weight excluding hydrogens is 785 g/mol. The van der Waals surface area contributed by atoms with Gasteiger partial charge in [-0.05, 0) is 83.8 Å². The van der Waals surface area contributed by atoms with Gasteiger partial charge in [0.25, 0.3) is 14.2 Å². The molecule has 0 bridgehead atoms. The maximum absolute atomic E-state index is 14.3. The minimum Gasteiger partial charge on any atom is -0.598 e. The summed E-state index contributed by atoms with van der Waals surface area (Å²) in [6.07, 6.45) is 2.37. The first-order valence-electron chi connectivity index (χ1n) is 20.8. The molecule has 3 heterocycles. The summed E-state index contributed by atoms with van der Waals surface area (Å²) in [6.45, 7) is 10.9. The van der Waals surface area contributed by atoms with Crippen LogP contribution in [0.3, 0.4) is 0 Å². The van der Waals surface area contributed by atoms with E-state index in [1.807, 2.05) is 67.5 Å². The number of hydrogen-bond donors (Lipinski definition) is 1. The van der Waals surface area contributed by atoms with Crippen LogP contribution in [0.1, 0.15) is 85.7 Å². The van der Waals surface area contributed by atoms with Crippen LogP contribution in [0.25, 0.3) is 11.3 Å². The Morgan fingerprint density at radius 2 is 1.68 bits per heavy atom. The van der Waals surface area contributed by atoms with Gasteiger partial charge < -0.3 is 23.8 Å². The van der Waals surface area contributed by atoms with E-state index in [1.54, 1.807) is 0 Å². The first-order valence-corrected chi connectivity index (χ1v) is 24.0. The minimum atomic E-state index is -2.85. The van der Waals surface area contributed by atoms with Gasteiger partial charge in [0.05, 0.1) is 24.8 Å². The number of rotatable bonds is 15. The predicted molar refractivity (Wildman–Crippen MR) is 243 cm³/mol. The van der Waals surface area contributed by atoms with Crippen molar-refractivity contribution in [1.82, 2.24) is 19.5 Å². The molecular formula is C49H56N4O5SSi. The molecule has 0 spiro atoms. The van der Waals surface area contributed by atoms with Crippen molar-refractivity contribution in [2.45, 2.75) is 71.1 Å².